The lowest BCUT2D eigenvalue weighted by Crippen LogP contribution is -2.21. The largest absolute Gasteiger partial charge is 0.496 e. The fourth-order valence-corrected chi connectivity index (χ4v) is 2.80. The van der Waals surface area contributed by atoms with Gasteiger partial charge in [-0.1, -0.05) is 23.4 Å². The van der Waals surface area contributed by atoms with Crippen molar-refractivity contribution in [2.45, 2.75) is 13.5 Å². The number of para-hydroxylation sites is 1. The SMILES string of the molecule is COc1ccccc1/C=C/C(=O)NCc1nnc2cc(-c3nc(C)no3)ccn12. The summed E-state index contributed by atoms with van der Waals surface area (Å²) in [5.74, 6) is 2.04. The summed E-state index contributed by atoms with van der Waals surface area (Å²) < 4.78 is 12.2. The van der Waals surface area contributed by atoms with Crippen molar-refractivity contribution in [3.63, 3.8) is 0 Å². The van der Waals surface area contributed by atoms with Crippen LogP contribution in [0, 0.1) is 6.92 Å². The number of hydrogen-bond acceptors (Lipinski definition) is 7. The summed E-state index contributed by atoms with van der Waals surface area (Å²) in [6.07, 6.45) is 4.96. The van der Waals surface area contributed by atoms with Crippen molar-refractivity contribution in [1.29, 1.82) is 0 Å². The van der Waals surface area contributed by atoms with Gasteiger partial charge in [0.2, 0.25) is 5.91 Å². The Hall–Kier alpha value is -4.01. The Balaban J connectivity index is 1.44. The fraction of sp³-hybridized carbons (Fsp3) is 0.150. The van der Waals surface area contributed by atoms with Gasteiger partial charge in [0.25, 0.3) is 5.89 Å². The number of ether oxygens (including phenoxy) is 1. The number of pyridine rings is 1. The second-order valence-electron chi connectivity index (χ2n) is 6.20. The lowest BCUT2D eigenvalue weighted by molar-refractivity contribution is -0.116. The van der Waals surface area contributed by atoms with E-state index in [1.165, 1.54) is 6.08 Å². The normalized spacial score (nSPS) is 11.2. The molecule has 0 fully saturated rings. The third-order valence-electron chi connectivity index (χ3n) is 4.23. The summed E-state index contributed by atoms with van der Waals surface area (Å²) in [7, 11) is 1.59. The van der Waals surface area contributed by atoms with Crippen LogP contribution < -0.4 is 10.1 Å². The Morgan fingerprint density at radius 1 is 1.28 bits per heavy atom. The molecule has 4 aromatic rings. The number of rotatable bonds is 6. The molecule has 9 nitrogen and oxygen atoms in total. The van der Waals surface area contributed by atoms with Crippen molar-refractivity contribution in [3.05, 3.63) is 65.9 Å². The van der Waals surface area contributed by atoms with Crippen LogP contribution in [0.25, 0.3) is 23.2 Å². The topological polar surface area (TPSA) is 107 Å². The highest BCUT2D eigenvalue weighted by molar-refractivity contribution is 5.92. The zero-order chi connectivity index (χ0) is 20.2. The molecule has 0 spiro atoms. The summed E-state index contributed by atoms with van der Waals surface area (Å²) >= 11 is 0. The molecule has 0 atom stereocenters. The summed E-state index contributed by atoms with van der Waals surface area (Å²) in [6.45, 7) is 1.99. The molecule has 0 saturated carbocycles. The van der Waals surface area contributed by atoms with E-state index in [1.54, 1.807) is 36.8 Å². The van der Waals surface area contributed by atoms with Crippen LogP contribution in [0.1, 0.15) is 17.2 Å². The van der Waals surface area contributed by atoms with Gasteiger partial charge in [-0.25, -0.2) is 0 Å². The maximum Gasteiger partial charge on any atom is 0.258 e. The third-order valence-corrected chi connectivity index (χ3v) is 4.23. The Kier molecular flexibility index (Phi) is 5.02. The standard InChI is InChI=1S/C20H18N6O3/c1-13-22-20(29-25-13)15-9-10-26-17(11-15)23-24-18(26)12-21-19(27)8-7-14-5-3-4-6-16(14)28-2/h3-11H,12H2,1-2H3,(H,21,27)/b8-7+. The smallest absolute Gasteiger partial charge is 0.258 e. The number of fused-ring (bicyclic) bond motifs is 1. The average molecular weight is 390 g/mol. The van der Waals surface area contributed by atoms with E-state index < -0.39 is 0 Å². The van der Waals surface area contributed by atoms with Gasteiger partial charge < -0.3 is 14.6 Å². The van der Waals surface area contributed by atoms with Crippen LogP contribution in [0.4, 0.5) is 0 Å². The predicted molar refractivity (Wildman–Crippen MR) is 105 cm³/mol. The minimum Gasteiger partial charge on any atom is -0.496 e. The van der Waals surface area contributed by atoms with E-state index in [0.717, 1.165) is 11.1 Å². The monoisotopic (exact) mass is 390 g/mol. The fourth-order valence-electron chi connectivity index (χ4n) is 2.80. The lowest BCUT2D eigenvalue weighted by Gasteiger charge is -2.04. The number of methoxy groups -OCH3 is 1. The van der Waals surface area contributed by atoms with Gasteiger partial charge in [0.1, 0.15) is 5.75 Å². The van der Waals surface area contributed by atoms with Crippen LogP contribution in [0.2, 0.25) is 0 Å². The van der Waals surface area contributed by atoms with Gasteiger partial charge in [-0.2, -0.15) is 4.98 Å². The van der Waals surface area contributed by atoms with Crippen molar-refractivity contribution >= 4 is 17.6 Å². The number of carbonyl (C=O) groups excluding carboxylic acids is 1. The van der Waals surface area contributed by atoms with E-state index in [1.807, 2.05) is 30.3 Å². The van der Waals surface area contributed by atoms with Crippen molar-refractivity contribution in [3.8, 4) is 17.2 Å². The first-order chi connectivity index (χ1) is 14.1. The van der Waals surface area contributed by atoms with E-state index >= 15 is 0 Å². The van der Waals surface area contributed by atoms with E-state index in [4.69, 9.17) is 9.26 Å². The van der Waals surface area contributed by atoms with Crippen LogP contribution in [0.3, 0.4) is 0 Å². The molecule has 1 N–H and O–H groups in total. The number of nitrogens with one attached hydrogen (secondary N) is 1. The molecule has 146 valence electrons. The van der Waals surface area contributed by atoms with Gasteiger partial charge in [0, 0.05) is 23.4 Å². The summed E-state index contributed by atoms with van der Waals surface area (Å²) in [5.41, 5.74) is 2.19. The minimum atomic E-state index is -0.245. The van der Waals surface area contributed by atoms with Crippen LogP contribution in [0.15, 0.2) is 53.2 Å². The number of carbonyl (C=O) groups is 1. The Morgan fingerprint density at radius 3 is 2.93 bits per heavy atom. The number of aromatic nitrogens is 5. The quantitative estimate of drug-likeness (QED) is 0.504. The summed E-state index contributed by atoms with van der Waals surface area (Å²) in [4.78, 5) is 16.4. The molecule has 3 aromatic heterocycles. The summed E-state index contributed by atoms with van der Waals surface area (Å²) in [6, 6.07) is 11.1. The highest BCUT2D eigenvalue weighted by atomic mass is 16.5. The molecule has 0 saturated heterocycles. The molecule has 29 heavy (non-hydrogen) atoms. The average Bonchev–Trinajstić information content (AvgIpc) is 3.36. The van der Waals surface area contributed by atoms with Gasteiger partial charge in [-0.05, 0) is 31.2 Å². The van der Waals surface area contributed by atoms with Crippen LogP contribution in [0.5, 0.6) is 5.75 Å². The zero-order valence-corrected chi connectivity index (χ0v) is 15.9. The molecule has 3 heterocycles. The van der Waals surface area contributed by atoms with Crippen molar-refractivity contribution < 1.29 is 14.1 Å². The van der Waals surface area contributed by atoms with Crippen molar-refractivity contribution in [2.24, 2.45) is 0 Å². The molecule has 0 bridgehead atoms. The van der Waals surface area contributed by atoms with Gasteiger partial charge >= 0.3 is 0 Å². The molecule has 0 aliphatic rings. The Bertz CT molecular complexity index is 1190. The molecule has 1 aromatic carbocycles. The van der Waals surface area contributed by atoms with Gasteiger partial charge in [0.05, 0.1) is 13.7 Å². The first-order valence-electron chi connectivity index (χ1n) is 8.87. The van der Waals surface area contributed by atoms with E-state index in [2.05, 4.69) is 25.7 Å². The second-order valence-corrected chi connectivity index (χ2v) is 6.20. The maximum atomic E-state index is 12.2. The maximum absolute atomic E-state index is 12.2. The molecule has 1 amide bonds. The lowest BCUT2D eigenvalue weighted by atomic mass is 10.2. The summed E-state index contributed by atoms with van der Waals surface area (Å²) in [5, 5.41) is 14.9. The zero-order valence-electron chi connectivity index (χ0n) is 15.9. The predicted octanol–water partition coefficient (Wildman–Crippen LogP) is 2.43. The number of nitrogens with zero attached hydrogens (tertiary/aromatic N) is 5. The van der Waals surface area contributed by atoms with Crippen LogP contribution in [-0.2, 0) is 11.3 Å². The second kappa shape index (κ2) is 7.93. The van der Waals surface area contributed by atoms with E-state index in [0.29, 0.717) is 28.9 Å². The Labute approximate surface area is 166 Å². The first kappa shape index (κ1) is 18.4. The van der Waals surface area contributed by atoms with Crippen LogP contribution in [-0.4, -0.2) is 37.8 Å². The molecule has 0 radical (unpaired) electrons. The van der Waals surface area contributed by atoms with Gasteiger partial charge in [-0.3, -0.25) is 9.20 Å². The Morgan fingerprint density at radius 2 is 2.14 bits per heavy atom. The number of aryl methyl sites for hydroxylation is 1. The molecular formula is C20H18N6O3. The minimum absolute atomic E-state index is 0.231. The van der Waals surface area contributed by atoms with E-state index in [-0.39, 0.29) is 12.5 Å². The van der Waals surface area contributed by atoms with Crippen LogP contribution >= 0.6 is 0 Å². The highest BCUT2D eigenvalue weighted by Gasteiger charge is 2.11. The molecule has 0 aliphatic carbocycles. The first-order valence-corrected chi connectivity index (χ1v) is 8.87. The van der Waals surface area contributed by atoms with Crippen molar-refractivity contribution in [1.82, 2.24) is 30.1 Å². The molecule has 9 heteroatoms. The molecule has 4 rings (SSSR count). The highest BCUT2D eigenvalue weighted by Crippen LogP contribution is 2.19. The van der Waals surface area contributed by atoms with Crippen molar-refractivity contribution in [2.75, 3.05) is 7.11 Å². The van der Waals surface area contributed by atoms with Gasteiger partial charge in [0.15, 0.2) is 17.3 Å². The number of amides is 1. The molecule has 0 aliphatic heterocycles. The number of benzene rings is 1. The van der Waals surface area contributed by atoms with E-state index in [9.17, 15) is 4.79 Å². The van der Waals surface area contributed by atoms with Gasteiger partial charge in [-0.15, -0.1) is 10.2 Å². The number of hydrogen-bond donors (Lipinski definition) is 1. The third kappa shape index (κ3) is 3.98. The molecular weight excluding hydrogens is 372 g/mol. The molecule has 0 unspecified atom stereocenters.